The van der Waals surface area contributed by atoms with Crippen LogP contribution in [-0.2, 0) is 0 Å². The average Bonchev–Trinajstić information content (AvgIpc) is 2.56. The van der Waals surface area contributed by atoms with Crippen molar-refractivity contribution in [1.29, 1.82) is 0 Å². The zero-order valence-electron chi connectivity index (χ0n) is 12.2. The predicted molar refractivity (Wildman–Crippen MR) is 86.6 cm³/mol. The highest BCUT2D eigenvalue weighted by atomic mass is 16.1. The molecular formula is C18H15N3O. The van der Waals surface area contributed by atoms with E-state index in [1.165, 1.54) is 0 Å². The molecule has 0 unspecified atom stereocenters. The maximum Gasteiger partial charge on any atom is 0.257 e. The molecule has 4 heteroatoms. The van der Waals surface area contributed by atoms with E-state index in [9.17, 15) is 4.79 Å². The number of benzene rings is 1. The lowest BCUT2D eigenvalue weighted by molar-refractivity contribution is 0.102. The molecule has 3 rings (SSSR count). The van der Waals surface area contributed by atoms with Gasteiger partial charge in [0, 0.05) is 35.5 Å². The van der Waals surface area contributed by atoms with Crippen LogP contribution >= 0.6 is 0 Å². The van der Waals surface area contributed by atoms with Crippen molar-refractivity contribution in [3.8, 4) is 11.1 Å². The number of hydrogen-bond acceptors (Lipinski definition) is 3. The minimum atomic E-state index is -0.184. The van der Waals surface area contributed by atoms with Crippen LogP contribution < -0.4 is 5.32 Å². The smallest absolute Gasteiger partial charge is 0.257 e. The fourth-order valence-corrected chi connectivity index (χ4v) is 2.18. The second kappa shape index (κ2) is 6.18. The number of rotatable bonds is 3. The van der Waals surface area contributed by atoms with Gasteiger partial charge in [-0.25, -0.2) is 0 Å². The van der Waals surface area contributed by atoms with E-state index >= 15 is 0 Å². The summed E-state index contributed by atoms with van der Waals surface area (Å²) in [6.45, 7) is 1.88. The molecule has 0 atom stereocenters. The van der Waals surface area contributed by atoms with Gasteiger partial charge in [0.05, 0.1) is 5.56 Å². The van der Waals surface area contributed by atoms with Gasteiger partial charge in [-0.05, 0) is 30.7 Å². The minimum absolute atomic E-state index is 0.184. The standard InChI is InChI=1S/C18H15N3O/c1-13-9-17(7-8-20-13)21-18(22)16-10-15(11-19-12-16)14-5-3-2-4-6-14/h2-12H,1H3,(H,20,21,22). The van der Waals surface area contributed by atoms with Gasteiger partial charge in [-0.3, -0.25) is 14.8 Å². The van der Waals surface area contributed by atoms with Crippen molar-refractivity contribution in [2.24, 2.45) is 0 Å². The third kappa shape index (κ3) is 3.17. The monoisotopic (exact) mass is 289 g/mol. The Bertz CT molecular complexity index is 800. The molecule has 0 spiro atoms. The number of anilines is 1. The molecule has 2 heterocycles. The van der Waals surface area contributed by atoms with E-state index in [0.29, 0.717) is 5.56 Å². The Hall–Kier alpha value is -3.01. The first-order chi connectivity index (χ1) is 10.7. The van der Waals surface area contributed by atoms with Crippen molar-refractivity contribution >= 4 is 11.6 Å². The Morgan fingerprint density at radius 1 is 1.00 bits per heavy atom. The first-order valence-corrected chi connectivity index (χ1v) is 6.97. The maximum absolute atomic E-state index is 12.3. The normalized spacial score (nSPS) is 10.2. The summed E-state index contributed by atoms with van der Waals surface area (Å²) < 4.78 is 0. The van der Waals surface area contributed by atoms with Crippen LogP contribution in [-0.4, -0.2) is 15.9 Å². The van der Waals surface area contributed by atoms with Crippen LogP contribution in [0.25, 0.3) is 11.1 Å². The Morgan fingerprint density at radius 3 is 2.59 bits per heavy atom. The molecule has 0 aliphatic rings. The topological polar surface area (TPSA) is 54.9 Å². The van der Waals surface area contributed by atoms with Gasteiger partial charge in [0.1, 0.15) is 0 Å². The number of aromatic nitrogens is 2. The third-order valence-electron chi connectivity index (χ3n) is 3.26. The van der Waals surface area contributed by atoms with Crippen molar-refractivity contribution in [3.63, 3.8) is 0 Å². The molecule has 0 saturated carbocycles. The first kappa shape index (κ1) is 13.9. The summed E-state index contributed by atoms with van der Waals surface area (Å²) in [5.74, 6) is -0.184. The number of carbonyl (C=O) groups is 1. The second-order valence-corrected chi connectivity index (χ2v) is 4.97. The van der Waals surface area contributed by atoms with Gasteiger partial charge in [-0.2, -0.15) is 0 Å². The highest BCUT2D eigenvalue weighted by molar-refractivity contribution is 6.04. The van der Waals surface area contributed by atoms with Gasteiger partial charge >= 0.3 is 0 Å². The summed E-state index contributed by atoms with van der Waals surface area (Å²) in [4.78, 5) is 20.6. The summed E-state index contributed by atoms with van der Waals surface area (Å²) >= 11 is 0. The van der Waals surface area contributed by atoms with E-state index in [1.807, 2.05) is 49.4 Å². The molecule has 0 saturated heterocycles. The molecular weight excluding hydrogens is 274 g/mol. The van der Waals surface area contributed by atoms with Gasteiger partial charge in [0.15, 0.2) is 0 Å². The molecule has 0 aliphatic heterocycles. The molecule has 0 fully saturated rings. The molecule has 1 aromatic carbocycles. The highest BCUT2D eigenvalue weighted by Gasteiger charge is 2.08. The van der Waals surface area contributed by atoms with Crippen molar-refractivity contribution in [1.82, 2.24) is 9.97 Å². The maximum atomic E-state index is 12.3. The molecule has 0 aliphatic carbocycles. The molecule has 1 N–H and O–H groups in total. The van der Waals surface area contributed by atoms with E-state index in [1.54, 1.807) is 24.7 Å². The van der Waals surface area contributed by atoms with Crippen molar-refractivity contribution in [2.45, 2.75) is 6.92 Å². The quantitative estimate of drug-likeness (QED) is 0.799. The fraction of sp³-hybridized carbons (Fsp3) is 0.0556. The van der Waals surface area contributed by atoms with Crippen LogP contribution in [0, 0.1) is 6.92 Å². The summed E-state index contributed by atoms with van der Waals surface area (Å²) in [7, 11) is 0. The van der Waals surface area contributed by atoms with Crippen LogP contribution in [0.15, 0.2) is 67.1 Å². The van der Waals surface area contributed by atoms with E-state index in [4.69, 9.17) is 0 Å². The molecule has 1 amide bonds. The Labute approximate surface area is 128 Å². The zero-order valence-corrected chi connectivity index (χ0v) is 12.2. The van der Waals surface area contributed by atoms with Gasteiger partial charge in [-0.15, -0.1) is 0 Å². The number of amides is 1. The van der Waals surface area contributed by atoms with Gasteiger partial charge in [0.2, 0.25) is 0 Å². The van der Waals surface area contributed by atoms with Crippen LogP contribution in [0.2, 0.25) is 0 Å². The van der Waals surface area contributed by atoms with E-state index < -0.39 is 0 Å². The lowest BCUT2D eigenvalue weighted by Gasteiger charge is -2.07. The summed E-state index contributed by atoms with van der Waals surface area (Å²) in [5.41, 5.74) is 4.05. The lowest BCUT2D eigenvalue weighted by atomic mass is 10.1. The van der Waals surface area contributed by atoms with Crippen LogP contribution in [0.3, 0.4) is 0 Å². The average molecular weight is 289 g/mol. The third-order valence-corrected chi connectivity index (χ3v) is 3.26. The SMILES string of the molecule is Cc1cc(NC(=O)c2cncc(-c3ccccc3)c2)ccn1. The van der Waals surface area contributed by atoms with Crippen LogP contribution in [0.1, 0.15) is 16.1 Å². The van der Waals surface area contributed by atoms with Crippen LogP contribution in [0.4, 0.5) is 5.69 Å². The Kier molecular flexibility index (Phi) is 3.92. The number of nitrogens with one attached hydrogen (secondary N) is 1. The molecule has 0 radical (unpaired) electrons. The van der Waals surface area contributed by atoms with Gasteiger partial charge < -0.3 is 5.32 Å². The largest absolute Gasteiger partial charge is 0.322 e. The molecule has 22 heavy (non-hydrogen) atoms. The lowest BCUT2D eigenvalue weighted by Crippen LogP contribution is -2.12. The summed E-state index contributed by atoms with van der Waals surface area (Å²) in [6, 6.07) is 15.3. The van der Waals surface area contributed by atoms with Crippen molar-refractivity contribution in [3.05, 3.63) is 78.4 Å². The number of aryl methyl sites for hydroxylation is 1. The van der Waals surface area contributed by atoms with Crippen molar-refractivity contribution < 1.29 is 4.79 Å². The van der Waals surface area contributed by atoms with Gasteiger partial charge in [-0.1, -0.05) is 30.3 Å². The van der Waals surface area contributed by atoms with E-state index in [0.717, 1.165) is 22.5 Å². The number of pyridine rings is 2. The number of carbonyl (C=O) groups excluding carboxylic acids is 1. The van der Waals surface area contributed by atoms with Crippen LogP contribution in [0.5, 0.6) is 0 Å². The molecule has 108 valence electrons. The summed E-state index contributed by atoms with van der Waals surface area (Å²) in [6.07, 6.45) is 4.99. The first-order valence-electron chi connectivity index (χ1n) is 6.97. The minimum Gasteiger partial charge on any atom is -0.322 e. The van der Waals surface area contributed by atoms with Crippen molar-refractivity contribution in [2.75, 3.05) is 5.32 Å². The molecule has 2 aromatic heterocycles. The number of nitrogens with zero attached hydrogens (tertiary/aromatic N) is 2. The predicted octanol–water partition coefficient (Wildman–Crippen LogP) is 3.70. The van der Waals surface area contributed by atoms with E-state index in [-0.39, 0.29) is 5.91 Å². The zero-order chi connectivity index (χ0) is 15.4. The molecule has 3 aromatic rings. The second-order valence-electron chi connectivity index (χ2n) is 4.97. The fourth-order valence-electron chi connectivity index (χ4n) is 2.18. The van der Waals surface area contributed by atoms with E-state index in [2.05, 4.69) is 15.3 Å². The van der Waals surface area contributed by atoms with Gasteiger partial charge in [0.25, 0.3) is 5.91 Å². The number of hydrogen-bond donors (Lipinski definition) is 1. The highest BCUT2D eigenvalue weighted by Crippen LogP contribution is 2.19. The Morgan fingerprint density at radius 2 is 1.82 bits per heavy atom. The summed E-state index contributed by atoms with van der Waals surface area (Å²) in [5, 5.41) is 2.86. The molecule has 4 nitrogen and oxygen atoms in total. The Balaban J connectivity index is 1.84. The molecule has 0 bridgehead atoms.